The van der Waals surface area contributed by atoms with E-state index in [1.165, 1.54) is 0 Å². The molecule has 0 aliphatic heterocycles. The predicted molar refractivity (Wildman–Crippen MR) is 107 cm³/mol. The van der Waals surface area contributed by atoms with E-state index < -0.39 is 6.09 Å². The molecule has 0 bridgehead atoms. The summed E-state index contributed by atoms with van der Waals surface area (Å²) in [4.78, 5) is 24.3. The summed E-state index contributed by atoms with van der Waals surface area (Å²) >= 11 is 0. The van der Waals surface area contributed by atoms with E-state index in [-0.39, 0.29) is 18.3 Å². The number of hydrogen-bond acceptors (Lipinski definition) is 5. The van der Waals surface area contributed by atoms with Gasteiger partial charge < -0.3 is 14.5 Å². The summed E-state index contributed by atoms with van der Waals surface area (Å²) in [6.07, 6.45) is 1.65. The lowest BCUT2D eigenvalue weighted by Gasteiger charge is -2.13. The number of hydrazone groups is 1. The molecule has 1 aliphatic carbocycles. The number of ether oxygens (including phenoxy) is 1. The van der Waals surface area contributed by atoms with Gasteiger partial charge in [0, 0.05) is 23.2 Å². The van der Waals surface area contributed by atoms with Gasteiger partial charge in [-0.3, -0.25) is 4.79 Å². The van der Waals surface area contributed by atoms with Crippen molar-refractivity contribution >= 4 is 23.4 Å². The third kappa shape index (κ3) is 4.08. The summed E-state index contributed by atoms with van der Waals surface area (Å²) in [6.45, 7) is 7.80. The second-order valence-corrected chi connectivity index (χ2v) is 6.87. The normalized spacial score (nSPS) is 14.5. The van der Waals surface area contributed by atoms with Gasteiger partial charge in [-0.05, 0) is 52.2 Å². The number of benzene rings is 1. The first-order chi connectivity index (χ1) is 13.4. The lowest BCUT2D eigenvalue weighted by atomic mass is 9.93. The maximum absolute atomic E-state index is 12.8. The number of nitrogens with one attached hydrogen (secondary N) is 2. The maximum atomic E-state index is 12.8. The number of hydrogen-bond donors (Lipinski definition) is 2. The summed E-state index contributed by atoms with van der Waals surface area (Å²) in [5.41, 5.74) is 7.49. The lowest BCUT2D eigenvalue weighted by molar-refractivity contribution is 0.0994. The van der Waals surface area contributed by atoms with E-state index in [1.807, 2.05) is 39.0 Å². The Kier molecular flexibility index (Phi) is 5.82. The zero-order valence-corrected chi connectivity index (χ0v) is 16.6. The van der Waals surface area contributed by atoms with E-state index in [2.05, 4.69) is 15.8 Å². The van der Waals surface area contributed by atoms with E-state index in [9.17, 15) is 9.59 Å². The molecule has 0 fully saturated rings. The van der Waals surface area contributed by atoms with Gasteiger partial charge in [0.2, 0.25) is 0 Å². The molecule has 1 aromatic heterocycles. The molecule has 2 N–H and O–H groups in total. The number of rotatable bonds is 4. The molecule has 0 saturated heterocycles. The third-order valence-corrected chi connectivity index (χ3v) is 4.72. The molecule has 1 heterocycles. The van der Waals surface area contributed by atoms with E-state index in [0.717, 1.165) is 46.5 Å². The van der Waals surface area contributed by atoms with Crippen LogP contribution in [0.3, 0.4) is 0 Å². The average molecular weight is 383 g/mol. The van der Waals surface area contributed by atoms with E-state index >= 15 is 0 Å². The van der Waals surface area contributed by atoms with Crippen LogP contribution in [0.15, 0.2) is 27.7 Å². The summed E-state index contributed by atoms with van der Waals surface area (Å²) in [5, 5.41) is 7.11. The average Bonchev–Trinajstić information content (AvgIpc) is 3.00. The number of carbonyl (C=O) groups excluding carboxylic acids is 2. The molecule has 28 heavy (non-hydrogen) atoms. The fourth-order valence-corrected chi connectivity index (χ4v) is 3.41. The van der Waals surface area contributed by atoms with Gasteiger partial charge in [0.15, 0.2) is 5.76 Å². The summed E-state index contributed by atoms with van der Waals surface area (Å²) in [6, 6.07) is 5.85. The molecule has 0 unspecified atom stereocenters. The number of furan rings is 1. The Balaban J connectivity index is 1.85. The van der Waals surface area contributed by atoms with Crippen molar-refractivity contribution in [1.29, 1.82) is 0 Å². The monoisotopic (exact) mass is 383 g/mol. The van der Waals surface area contributed by atoms with Gasteiger partial charge in [-0.15, -0.1) is 0 Å². The number of carbonyl (C=O) groups is 2. The van der Waals surface area contributed by atoms with Crippen LogP contribution in [0.25, 0.3) is 0 Å². The lowest BCUT2D eigenvalue weighted by Crippen LogP contribution is -2.22. The second-order valence-electron chi connectivity index (χ2n) is 6.87. The Morgan fingerprint density at radius 2 is 2.00 bits per heavy atom. The molecular weight excluding hydrogens is 358 g/mol. The fourth-order valence-electron chi connectivity index (χ4n) is 3.41. The third-order valence-electron chi connectivity index (χ3n) is 4.72. The minimum absolute atomic E-state index is 0.273. The van der Waals surface area contributed by atoms with E-state index in [0.29, 0.717) is 12.1 Å². The summed E-state index contributed by atoms with van der Waals surface area (Å²) in [7, 11) is 0. The van der Waals surface area contributed by atoms with Crippen molar-refractivity contribution in [3.05, 3.63) is 52.0 Å². The smallest absolute Gasteiger partial charge is 0.427 e. The Hall–Kier alpha value is -3.09. The van der Waals surface area contributed by atoms with E-state index in [1.54, 1.807) is 6.92 Å². The van der Waals surface area contributed by atoms with Crippen LogP contribution in [0.5, 0.6) is 0 Å². The zero-order chi connectivity index (χ0) is 20.3. The molecule has 0 atom stereocenters. The molecule has 7 heteroatoms. The van der Waals surface area contributed by atoms with E-state index in [4.69, 9.17) is 9.15 Å². The van der Waals surface area contributed by atoms with Crippen molar-refractivity contribution in [1.82, 2.24) is 5.43 Å². The summed E-state index contributed by atoms with van der Waals surface area (Å²) < 4.78 is 10.7. The molecular formula is C21H25N3O4. The van der Waals surface area contributed by atoms with Gasteiger partial charge in [-0.1, -0.05) is 17.7 Å². The van der Waals surface area contributed by atoms with Gasteiger partial charge in [0.1, 0.15) is 5.76 Å². The number of anilines is 1. The molecule has 2 aromatic rings. The van der Waals surface area contributed by atoms with Gasteiger partial charge in [-0.2, -0.15) is 5.10 Å². The van der Waals surface area contributed by atoms with Crippen LogP contribution >= 0.6 is 0 Å². The molecule has 0 spiro atoms. The van der Waals surface area contributed by atoms with Crippen molar-refractivity contribution < 1.29 is 18.7 Å². The molecule has 148 valence electrons. The quantitative estimate of drug-likeness (QED) is 0.772. The summed E-state index contributed by atoms with van der Waals surface area (Å²) in [5.74, 6) is 0.700. The topological polar surface area (TPSA) is 92.9 Å². The number of nitrogens with zero attached hydrogens (tertiary/aromatic N) is 1. The Bertz CT molecular complexity index is 943. The Labute approximate surface area is 164 Å². The highest BCUT2D eigenvalue weighted by Crippen LogP contribution is 2.30. The molecule has 1 aromatic carbocycles. The number of aryl methyl sites for hydroxylation is 3. The van der Waals surface area contributed by atoms with Crippen molar-refractivity contribution in [2.75, 3.05) is 11.9 Å². The van der Waals surface area contributed by atoms with Crippen molar-refractivity contribution in [3.63, 3.8) is 0 Å². The minimum atomic E-state index is -0.601. The van der Waals surface area contributed by atoms with Crippen molar-refractivity contribution in [3.8, 4) is 0 Å². The molecule has 3 rings (SSSR count). The first-order valence-corrected chi connectivity index (χ1v) is 9.41. The highest BCUT2D eigenvalue weighted by atomic mass is 16.5. The van der Waals surface area contributed by atoms with Crippen LogP contribution in [-0.2, 0) is 11.2 Å². The number of fused-ring (bicyclic) bond motifs is 1. The largest absolute Gasteiger partial charge is 0.455 e. The second kappa shape index (κ2) is 8.29. The minimum Gasteiger partial charge on any atom is -0.455 e. The molecule has 0 saturated carbocycles. The maximum Gasteiger partial charge on any atom is 0.427 e. The zero-order valence-electron chi connectivity index (χ0n) is 16.6. The fraction of sp³-hybridized carbons (Fsp3) is 0.381. The molecule has 2 amide bonds. The van der Waals surface area contributed by atoms with Gasteiger partial charge in [0.05, 0.1) is 12.3 Å². The molecule has 0 radical (unpaired) electrons. The highest BCUT2D eigenvalue weighted by molar-refractivity contribution is 6.09. The van der Waals surface area contributed by atoms with Crippen LogP contribution in [0, 0.1) is 20.8 Å². The van der Waals surface area contributed by atoms with Crippen LogP contribution in [0.1, 0.15) is 58.3 Å². The number of amides is 2. The van der Waals surface area contributed by atoms with Crippen LogP contribution in [0.2, 0.25) is 0 Å². The standard InChI is InChI=1S/C21H25N3O4/c1-5-27-21(26)24-23-16-7-6-8-17-18(16)14(4)19(28-17)20(25)22-15-10-9-12(2)11-13(15)3/h9-11H,5-8H2,1-4H3,(H,22,25)(H,24,26)/b23-16+. The first-order valence-electron chi connectivity index (χ1n) is 9.41. The molecule has 7 nitrogen and oxygen atoms in total. The van der Waals surface area contributed by atoms with Crippen LogP contribution in [0.4, 0.5) is 10.5 Å². The predicted octanol–water partition coefficient (Wildman–Crippen LogP) is 4.24. The van der Waals surface area contributed by atoms with Gasteiger partial charge >= 0.3 is 6.09 Å². The van der Waals surface area contributed by atoms with Crippen molar-refractivity contribution in [2.45, 2.75) is 47.0 Å². The SMILES string of the molecule is CCOC(=O)N/N=C1\CCCc2oc(C(=O)Nc3ccc(C)cc3C)c(C)c21. The molecule has 1 aliphatic rings. The highest BCUT2D eigenvalue weighted by Gasteiger charge is 2.28. The Morgan fingerprint density at radius 3 is 2.71 bits per heavy atom. The van der Waals surface area contributed by atoms with Gasteiger partial charge in [-0.25, -0.2) is 10.2 Å². The van der Waals surface area contributed by atoms with Crippen LogP contribution in [-0.4, -0.2) is 24.3 Å². The van der Waals surface area contributed by atoms with Crippen molar-refractivity contribution in [2.24, 2.45) is 5.10 Å². The first kappa shape index (κ1) is 19.7. The van der Waals surface area contributed by atoms with Crippen LogP contribution < -0.4 is 10.7 Å². The van der Waals surface area contributed by atoms with Gasteiger partial charge in [0.25, 0.3) is 5.91 Å². The Morgan fingerprint density at radius 1 is 1.21 bits per heavy atom.